The molecule has 0 radical (unpaired) electrons. The summed E-state index contributed by atoms with van der Waals surface area (Å²) in [6.45, 7) is 4.42. The second-order valence-electron chi connectivity index (χ2n) is 3.77. The Hall–Kier alpha value is -0.590. The van der Waals surface area contributed by atoms with Gasteiger partial charge in [0.1, 0.15) is 0 Å². The van der Waals surface area contributed by atoms with Crippen LogP contribution < -0.4 is 5.32 Å². The number of nitrogens with one attached hydrogen (secondary N) is 1. The van der Waals surface area contributed by atoms with Crippen LogP contribution in [0.25, 0.3) is 0 Å². The molecule has 0 aliphatic carbocycles. The molecule has 1 rings (SSSR count). The molecule has 1 N–H and O–H groups in total. The summed E-state index contributed by atoms with van der Waals surface area (Å²) in [5.74, 6) is 0.789. The average molecular weight is 181 g/mol. The summed E-state index contributed by atoms with van der Waals surface area (Å²) in [7, 11) is 2.01. The van der Waals surface area contributed by atoms with E-state index in [1.165, 1.54) is 25.9 Å². The summed E-state index contributed by atoms with van der Waals surface area (Å²) in [5, 5.41) is 11.7. The number of hydrogen-bond donors (Lipinski definition) is 1. The topological polar surface area (TPSA) is 39.1 Å². The Labute approximate surface area is 80.7 Å². The number of hydrogen-bond acceptors (Lipinski definition) is 3. The van der Waals surface area contributed by atoms with E-state index < -0.39 is 0 Å². The zero-order chi connectivity index (χ0) is 9.52. The molecule has 74 valence electrons. The van der Waals surface area contributed by atoms with Crippen LogP contribution in [0, 0.1) is 17.2 Å². The molecule has 0 amide bonds. The number of piperidine rings is 1. The van der Waals surface area contributed by atoms with Gasteiger partial charge in [-0.25, -0.2) is 0 Å². The maximum atomic E-state index is 8.48. The summed E-state index contributed by atoms with van der Waals surface area (Å²) in [6, 6.07) is 2.20. The average Bonchev–Trinajstić information content (AvgIpc) is 2.16. The van der Waals surface area contributed by atoms with E-state index in [9.17, 15) is 0 Å². The van der Waals surface area contributed by atoms with Crippen molar-refractivity contribution in [2.75, 3.05) is 33.2 Å². The van der Waals surface area contributed by atoms with Crippen molar-refractivity contribution in [1.29, 1.82) is 5.26 Å². The number of rotatable bonds is 4. The number of likely N-dealkylation sites (tertiary alicyclic amines) is 1. The molecule has 0 aromatic heterocycles. The molecule has 0 aromatic rings. The first kappa shape index (κ1) is 10.5. The van der Waals surface area contributed by atoms with Crippen molar-refractivity contribution in [3.63, 3.8) is 0 Å². The van der Waals surface area contributed by atoms with Gasteiger partial charge in [0.15, 0.2) is 0 Å². The summed E-state index contributed by atoms with van der Waals surface area (Å²) in [4.78, 5) is 2.41. The fourth-order valence-electron chi connectivity index (χ4n) is 2.02. The molecule has 1 unspecified atom stereocenters. The lowest BCUT2D eigenvalue weighted by molar-refractivity contribution is 0.177. The fraction of sp³-hybridized carbons (Fsp3) is 0.900. The highest BCUT2D eigenvalue weighted by Crippen LogP contribution is 2.15. The molecular weight excluding hydrogens is 162 g/mol. The second kappa shape index (κ2) is 5.95. The zero-order valence-corrected chi connectivity index (χ0v) is 8.42. The lowest BCUT2D eigenvalue weighted by Crippen LogP contribution is -2.39. The molecule has 1 fully saturated rings. The molecule has 1 atom stereocenters. The second-order valence-corrected chi connectivity index (χ2v) is 3.77. The molecule has 3 heteroatoms. The van der Waals surface area contributed by atoms with E-state index in [-0.39, 0.29) is 0 Å². The van der Waals surface area contributed by atoms with Crippen LogP contribution in [0.3, 0.4) is 0 Å². The van der Waals surface area contributed by atoms with E-state index in [0.717, 1.165) is 19.0 Å². The standard InChI is InChI=1S/C10H19N3/c1-12-8-10-4-2-6-13(9-10)7-3-5-11/h10,12H,2-4,6-9H2,1H3. The van der Waals surface area contributed by atoms with Crippen LogP contribution in [0.5, 0.6) is 0 Å². The summed E-state index contributed by atoms with van der Waals surface area (Å²) < 4.78 is 0. The molecule has 0 bridgehead atoms. The van der Waals surface area contributed by atoms with E-state index in [0.29, 0.717) is 6.42 Å². The maximum Gasteiger partial charge on any atom is 0.0635 e. The van der Waals surface area contributed by atoms with Crippen LogP contribution in [0.15, 0.2) is 0 Å². The number of nitriles is 1. The first-order valence-electron chi connectivity index (χ1n) is 5.10. The Balaban J connectivity index is 2.21. The van der Waals surface area contributed by atoms with Crippen molar-refractivity contribution in [2.45, 2.75) is 19.3 Å². The van der Waals surface area contributed by atoms with Gasteiger partial charge < -0.3 is 10.2 Å². The number of nitrogens with zero attached hydrogens (tertiary/aromatic N) is 2. The Kier molecular flexibility index (Phi) is 4.81. The molecule has 13 heavy (non-hydrogen) atoms. The van der Waals surface area contributed by atoms with Crippen molar-refractivity contribution in [2.24, 2.45) is 5.92 Å². The largest absolute Gasteiger partial charge is 0.319 e. The molecule has 1 heterocycles. The Bertz CT molecular complexity index is 171. The van der Waals surface area contributed by atoms with Gasteiger partial charge in [0, 0.05) is 19.5 Å². The third-order valence-electron chi connectivity index (χ3n) is 2.64. The van der Waals surface area contributed by atoms with Gasteiger partial charge >= 0.3 is 0 Å². The van der Waals surface area contributed by atoms with Crippen molar-refractivity contribution < 1.29 is 0 Å². The minimum absolute atomic E-state index is 0.673. The molecule has 0 aromatic carbocycles. The highest BCUT2D eigenvalue weighted by Gasteiger charge is 2.18. The predicted octanol–water partition coefficient (Wildman–Crippen LogP) is 0.831. The predicted molar refractivity (Wildman–Crippen MR) is 53.3 cm³/mol. The van der Waals surface area contributed by atoms with Gasteiger partial charge in [-0.3, -0.25) is 0 Å². The van der Waals surface area contributed by atoms with Gasteiger partial charge in [0.2, 0.25) is 0 Å². The molecule has 1 saturated heterocycles. The fourth-order valence-corrected chi connectivity index (χ4v) is 2.02. The van der Waals surface area contributed by atoms with Gasteiger partial charge in [0.05, 0.1) is 6.07 Å². The van der Waals surface area contributed by atoms with Gasteiger partial charge in [-0.05, 0) is 38.9 Å². The lowest BCUT2D eigenvalue weighted by Gasteiger charge is -2.32. The van der Waals surface area contributed by atoms with E-state index in [4.69, 9.17) is 5.26 Å². The Morgan fingerprint density at radius 2 is 2.46 bits per heavy atom. The van der Waals surface area contributed by atoms with Gasteiger partial charge in [-0.15, -0.1) is 0 Å². The molecule has 3 nitrogen and oxygen atoms in total. The van der Waals surface area contributed by atoms with Gasteiger partial charge in [-0.1, -0.05) is 0 Å². The highest BCUT2D eigenvalue weighted by atomic mass is 15.1. The maximum absolute atomic E-state index is 8.48. The van der Waals surface area contributed by atoms with Gasteiger partial charge in [-0.2, -0.15) is 5.26 Å². The zero-order valence-electron chi connectivity index (χ0n) is 8.42. The first-order chi connectivity index (χ1) is 6.36. The summed E-state index contributed by atoms with van der Waals surface area (Å²) >= 11 is 0. The minimum atomic E-state index is 0.673. The van der Waals surface area contributed by atoms with E-state index in [1.807, 2.05) is 7.05 Å². The monoisotopic (exact) mass is 181 g/mol. The third-order valence-corrected chi connectivity index (χ3v) is 2.64. The van der Waals surface area contributed by atoms with E-state index >= 15 is 0 Å². The van der Waals surface area contributed by atoms with Crippen LogP contribution in [0.2, 0.25) is 0 Å². The van der Waals surface area contributed by atoms with E-state index in [2.05, 4.69) is 16.3 Å². The van der Waals surface area contributed by atoms with Crippen LogP contribution in [-0.2, 0) is 0 Å². The molecule has 0 saturated carbocycles. The minimum Gasteiger partial charge on any atom is -0.319 e. The van der Waals surface area contributed by atoms with Crippen LogP contribution in [0.1, 0.15) is 19.3 Å². The quantitative estimate of drug-likeness (QED) is 0.698. The molecular formula is C10H19N3. The molecule has 1 aliphatic heterocycles. The first-order valence-corrected chi connectivity index (χ1v) is 5.10. The van der Waals surface area contributed by atoms with Crippen molar-refractivity contribution in [1.82, 2.24) is 10.2 Å². The van der Waals surface area contributed by atoms with Gasteiger partial charge in [0.25, 0.3) is 0 Å². The summed E-state index contributed by atoms with van der Waals surface area (Å²) in [6.07, 6.45) is 3.30. The van der Waals surface area contributed by atoms with Crippen molar-refractivity contribution >= 4 is 0 Å². The lowest BCUT2D eigenvalue weighted by atomic mass is 9.98. The van der Waals surface area contributed by atoms with E-state index in [1.54, 1.807) is 0 Å². The smallest absolute Gasteiger partial charge is 0.0635 e. The Morgan fingerprint density at radius 1 is 1.62 bits per heavy atom. The third kappa shape index (κ3) is 3.75. The molecule has 1 aliphatic rings. The summed E-state index contributed by atoms with van der Waals surface area (Å²) in [5.41, 5.74) is 0. The SMILES string of the molecule is CNCC1CCCN(CCC#N)C1. The molecule has 0 spiro atoms. The van der Waals surface area contributed by atoms with Crippen LogP contribution in [-0.4, -0.2) is 38.1 Å². The van der Waals surface area contributed by atoms with Crippen LogP contribution >= 0.6 is 0 Å². The Morgan fingerprint density at radius 3 is 3.15 bits per heavy atom. The van der Waals surface area contributed by atoms with Crippen molar-refractivity contribution in [3.8, 4) is 6.07 Å². The van der Waals surface area contributed by atoms with Crippen LogP contribution in [0.4, 0.5) is 0 Å². The normalized spacial score (nSPS) is 24.2. The van der Waals surface area contributed by atoms with Crippen molar-refractivity contribution in [3.05, 3.63) is 0 Å². The highest BCUT2D eigenvalue weighted by molar-refractivity contribution is 4.78.